The molecule has 1 aliphatic heterocycles. The van der Waals surface area contributed by atoms with Crippen LogP contribution in [0.2, 0.25) is 0 Å². The van der Waals surface area contributed by atoms with Crippen LogP contribution < -0.4 is 10.1 Å². The molecule has 0 aromatic heterocycles. The third-order valence-electron chi connectivity index (χ3n) is 3.63. The predicted octanol–water partition coefficient (Wildman–Crippen LogP) is 2.65. The van der Waals surface area contributed by atoms with Gasteiger partial charge in [0.05, 0.1) is 0 Å². The van der Waals surface area contributed by atoms with Gasteiger partial charge in [0.25, 0.3) is 0 Å². The summed E-state index contributed by atoms with van der Waals surface area (Å²) in [6.07, 6.45) is 4.31. The normalized spacial score (nSPS) is 16.9. The summed E-state index contributed by atoms with van der Waals surface area (Å²) in [5, 5.41) is 3.36. The molecular formula is C17H26N2O. The first kappa shape index (κ1) is 15.1. The molecule has 1 aromatic carbocycles. The molecule has 3 nitrogen and oxygen atoms in total. The smallest absolute Gasteiger partial charge is 0.119 e. The van der Waals surface area contributed by atoms with E-state index in [1.807, 2.05) is 0 Å². The van der Waals surface area contributed by atoms with Crippen LogP contribution in [0.4, 0.5) is 0 Å². The van der Waals surface area contributed by atoms with E-state index in [0.717, 1.165) is 38.5 Å². The molecule has 0 amide bonds. The van der Waals surface area contributed by atoms with Crippen molar-refractivity contribution in [2.45, 2.75) is 19.8 Å². The lowest BCUT2D eigenvalue weighted by atomic mass is 10.0. The molecule has 0 radical (unpaired) electrons. The number of benzene rings is 1. The van der Waals surface area contributed by atoms with Gasteiger partial charge in [-0.15, -0.1) is 0 Å². The molecule has 0 saturated carbocycles. The lowest BCUT2D eigenvalue weighted by molar-refractivity contribution is 0.264. The zero-order valence-electron chi connectivity index (χ0n) is 12.6. The van der Waals surface area contributed by atoms with Gasteiger partial charge in [-0.05, 0) is 23.6 Å². The monoisotopic (exact) mass is 274 g/mol. The van der Waals surface area contributed by atoms with Gasteiger partial charge in [-0.25, -0.2) is 0 Å². The third kappa shape index (κ3) is 4.99. The number of hydrogen-bond acceptors (Lipinski definition) is 3. The maximum absolute atomic E-state index is 5.71. The van der Waals surface area contributed by atoms with Crippen molar-refractivity contribution in [2.24, 2.45) is 0 Å². The zero-order valence-corrected chi connectivity index (χ0v) is 12.6. The molecule has 2 rings (SSSR count). The van der Waals surface area contributed by atoms with Crippen LogP contribution in [0.25, 0.3) is 0 Å². The lowest BCUT2D eigenvalue weighted by Crippen LogP contribution is -2.43. The molecule has 3 heteroatoms. The number of rotatable bonds is 6. The van der Waals surface area contributed by atoms with Crippen molar-refractivity contribution in [2.75, 3.05) is 39.3 Å². The Bertz CT molecular complexity index is 406. The molecule has 110 valence electrons. The summed E-state index contributed by atoms with van der Waals surface area (Å²) in [7, 11) is 0. The second-order valence-corrected chi connectivity index (χ2v) is 5.56. The van der Waals surface area contributed by atoms with Crippen molar-refractivity contribution in [3.63, 3.8) is 0 Å². The molecule has 0 aliphatic carbocycles. The Morgan fingerprint density at radius 2 is 1.85 bits per heavy atom. The predicted molar refractivity (Wildman–Crippen MR) is 84.5 cm³/mol. The molecule has 1 aromatic rings. The number of ether oxygens (including phenoxy) is 1. The van der Waals surface area contributed by atoms with E-state index in [4.69, 9.17) is 4.74 Å². The fourth-order valence-electron chi connectivity index (χ4n) is 2.28. The summed E-state index contributed by atoms with van der Waals surface area (Å²) in [6.45, 7) is 10.6. The van der Waals surface area contributed by atoms with E-state index in [-0.39, 0.29) is 0 Å². The van der Waals surface area contributed by atoms with Gasteiger partial charge in [0.1, 0.15) is 12.4 Å². The first-order valence-corrected chi connectivity index (χ1v) is 7.56. The molecule has 1 N–H and O–H groups in total. The van der Waals surface area contributed by atoms with Crippen molar-refractivity contribution < 1.29 is 4.74 Å². The van der Waals surface area contributed by atoms with Gasteiger partial charge in [-0.1, -0.05) is 38.1 Å². The van der Waals surface area contributed by atoms with Gasteiger partial charge in [0, 0.05) is 32.7 Å². The average Bonchev–Trinajstić information content (AvgIpc) is 2.48. The Labute approximate surface area is 122 Å². The molecule has 1 fully saturated rings. The maximum Gasteiger partial charge on any atom is 0.119 e. The molecule has 0 bridgehead atoms. The van der Waals surface area contributed by atoms with E-state index in [0.29, 0.717) is 12.5 Å². The fraction of sp³-hybridized carbons (Fsp3) is 0.529. The Hall–Kier alpha value is -1.32. The number of nitrogens with zero attached hydrogens (tertiary/aromatic N) is 1. The van der Waals surface area contributed by atoms with E-state index < -0.39 is 0 Å². The van der Waals surface area contributed by atoms with Gasteiger partial charge in [0.2, 0.25) is 0 Å². The van der Waals surface area contributed by atoms with Crippen molar-refractivity contribution in [1.82, 2.24) is 10.2 Å². The van der Waals surface area contributed by atoms with Crippen LogP contribution in [0.3, 0.4) is 0 Å². The highest BCUT2D eigenvalue weighted by molar-refractivity contribution is 5.28. The first-order chi connectivity index (χ1) is 9.75. The van der Waals surface area contributed by atoms with Gasteiger partial charge < -0.3 is 10.1 Å². The zero-order chi connectivity index (χ0) is 14.2. The lowest BCUT2D eigenvalue weighted by Gasteiger charge is -2.25. The van der Waals surface area contributed by atoms with Crippen LogP contribution in [0, 0.1) is 0 Å². The second kappa shape index (κ2) is 8.08. The van der Waals surface area contributed by atoms with Crippen LogP contribution >= 0.6 is 0 Å². The van der Waals surface area contributed by atoms with E-state index in [9.17, 15) is 0 Å². The van der Waals surface area contributed by atoms with Crippen LogP contribution in [0.5, 0.6) is 5.75 Å². The summed E-state index contributed by atoms with van der Waals surface area (Å²) in [6, 6.07) is 8.40. The van der Waals surface area contributed by atoms with Crippen LogP contribution in [-0.4, -0.2) is 44.2 Å². The van der Waals surface area contributed by atoms with Crippen molar-refractivity contribution in [3.8, 4) is 5.75 Å². The number of nitrogens with one attached hydrogen (secondary N) is 1. The summed E-state index contributed by atoms with van der Waals surface area (Å²) in [5.74, 6) is 1.52. The van der Waals surface area contributed by atoms with Gasteiger partial charge in [-0.2, -0.15) is 0 Å². The van der Waals surface area contributed by atoms with Crippen molar-refractivity contribution in [1.29, 1.82) is 0 Å². The first-order valence-electron chi connectivity index (χ1n) is 7.56. The molecule has 0 spiro atoms. The molecule has 20 heavy (non-hydrogen) atoms. The van der Waals surface area contributed by atoms with Gasteiger partial charge in [-0.3, -0.25) is 4.90 Å². The second-order valence-electron chi connectivity index (χ2n) is 5.56. The largest absolute Gasteiger partial charge is 0.490 e. The van der Waals surface area contributed by atoms with E-state index >= 15 is 0 Å². The van der Waals surface area contributed by atoms with Crippen molar-refractivity contribution >= 4 is 0 Å². The Kier molecular flexibility index (Phi) is 6.09. The van der Waals surface area contributed by atoms with E-state index in [1.54, 1.807) is 0 Å². The topological polar surface area (TPSA) is 24.5 Å². The highest BCUT2D eigenvalue weighted by Gasteiger charge is 2.06. The van der Waals surface area contributed by atoms with Crippen LogP contribution in [-0.2, 0) is 0 Å². The average molecular weight is 274 g/mol. The van der Waals surface area contributed by atoms with Gasteiger partial charge in [0.15, 0.2) is 0 Å². The SMILES string of the molecule is CC(C)c1ccc(OC/C=C/CN2CCNCC2)cc1. The van der Waals surface area contributed by atoms with E-state index in [2.05, 4.69) is 60.5 Å². The highest BCUT2D eigenvalue weighted by atomic mass is 16.5. The summed E-state index contributed by atoms with van der Waals surface area (Å²) < 4.78 is 5.71. The molecule has 0 unspecified atom stereocenters. The summed E-state index contributed by atoms with van der Waals surface area (Å²) in [5.41, 5.74) is 1.35. The molecule has 1 heterocycles. The third-order valence-corrected chi connectivity index (χ3v) is 3.63. The highest BCUT2D eigenvalue weighted by Crippen LogP contribution is 2.18. The fourth-order valence-corrected chi connectivity index (χ4v) is 2.28. The van der Waals surface area contributed by atoms with Crippen LogP contribution in [0.15, 0.2) is 36.4 Å². The minimum absolute atomic E-state index is 0.572. The quantitative estimate of drug-likeness (QED) is 0.807. The minimum atomic E-state index is 0.572. The molecule has 0 atom stereocenters. The van der Waals surface area contributed by atoms with Crippen molar-refractivity contribution in [3.05, 3.63) is 42.0 Å². The van der Waals surface area contributed by atoms with E-state index in [1.165, 1.54) is 5.56 Å². The number of piperazine rings is 1. The summed E-state index contributed by atoms with van der Waals surface area (Å²) in [4.78, 5) is 2.45. The molecular weight excluding hydrogens is 248 g/mol. The Morgan fingerprint density at radius 3 is 2.50 bits per heavy atom. The minimum Gasteiger partial charge on any atom is -0.490 e. The Morgan fingerprint density at radius 1 is 1.15 bits per heavy atom. The van der Waals surface area contributed by atoms with Gasteiger partial charge >= 0.3 is 0 Å². The summed E-state index contributed by atoms with van der Waals surface area (Å²) >= 11 is 0. The van der Waals surface area contributed by atoms with Crippen LogP contribution in [0.1, 0.15) is 25.3 Å². The maximum atomic E-state index is 5.71. The Balaban J connectivity index is 1.67. The number of hydrogen-bond donors (Lipinski definition) is 1. The standard InChI is InChI=1S/C17H26N2O/c1-15(2)16-5-7-17(8-6-16)20-14-4-3-11-19-12-9-18-10-13-19/h3-8,15,18H,9-14H2,1-2H3/b4-3+. The molecule has 1 aliphatic rings. The molecule has 1 saturated heterocycles.